The Bertz CT molecular complexity index is 621. The number of benzene rings is 2. The van der Waals surface area contributed by atoms with E-state index in [2.05, 4.69) is 45.0 Å². The molecular formula is C20H24O2. The Kier molecular flexibility index (Phi) is 5.02. The van der Waals surface area contributed by atoms with Crippen LogP contribution in [0, 0.1) is 0 Å². The van der Waals surface area contributed by atoms with Crippen molar-refractivity contribution in [2.24, 2.45) is 0 Å². The van der Waals surface area contributed by atoms with Gasteiger partial charge in [0, 0.05) is 5.92 Å². The predicted molar refractivity (Wildman–Crippen MR) is 90.6 cm³/mol. The minimum absolute atomic E-state index is 0.143. The van der Waals surface area contributed by atoms with Crippen molar-refractivity contribution in [3.05, 3.63) is 65.2 Å². The average Bonchev–Trinajstić information content (AvgIpc) is 2.52. The molecule has 2 rings (SSSR count). The third-order valence-corrected chi connectivity index (χ3v) is 3.96. The molecule has 0 aromatic heterocycles. The predicted octanol–water partition coefficient (Wildman–Crippen LogP) is 4.52. The summed E-state index contributed by atoms with van der Waals surface area (Å²) in [5.41, 5.74) is 3.62. The van der Waals surface area contributed by atoms with Gasteiger partial charge in [-0.2, -0.15) is 0 Å². The van der Waals surface area contributed by atoms with Crippen molar-refractivity contribution in [3.63, 3.8) is 0 Å². The van der Waals surface area contributed by atoms with Crippen molar-refractivity contribution in [1.29, 1.82) is 0 Å². The molecule has 0 N–H and O–H groups in total. The molecule has 0 heterocycles. The number of carbonyl (C=O) groups is 1. The zero-order valence-electron chi connectivity index (χ0n) is 13.8. The number of rotatable bonds is 5. The summed E-state index contributed by atoms with van der Waals surface area (Å²) in [6.45, 7) is 6.60. The van der Waals surface area contributed by atoms with Crippen LogP contribution in [0.15, 0.2) is 48.5 Å². The summed E-state index contributed by atoms with van der Waals surface area (Å²) in [5, 5.41) is 0. The molecule has 0 saturated carbocycles. The van der Waals surface area contributed by atoms with Gasteiger partial charge in [0.2, 0.25) is 0 Å². The quantitative estimate of drug-likeness (QED) is 0.758. The summed E-state index contributed by atoms with van der Waals surface area (Å²) in [7, 11) is 1.64. The molecular weight excluding hydrogens is 272 g/mol. The molecule has 0 radical (unpaired) electrons. The van der Waals surface area contributed by atoms with Gasteiger partial charge in [-0.25, -0.2) is 0 Å². The second-order valence-electron chi connectivity index (χ2n) is 6.67. The minimum Gasteiger partial charge on any atom is -0.497 e. The number of carbonyl (C=O) groups excluding carboxylic acids is 1. The summed E-state index contributed by atoms with van der Waals surface area (Å²) >= 11 is 0. The van der Waals surface area contributed by atoms with Gasteiger partial charge in [-0.15, -0.1) is 0 Å². The molecule has 0 bridgehead atoms. The Morgan fingerprint density at radius 3 is 2.32 bits per heavy atom. The van der Waals surface area contributed by atoms with Crippen LogP contribution in [0.2, 0.25) is 0 Å². The Morgan fingerprint density at radius 1 is 1.09 bits per heavy atom. The van der Waals surface area contributed by atoms with Crippen LogP contribution in [0.25, 0.3) is 0 Å². The van der Waals surface area contributed by atoms with Crippen LogP contribution in [0.3, 0.4) is 0 Å². The van der Waals surface area contributed by atoms with Crippen LogP contribution in [0.5, 0.6) is 5.75 Å². The monoisotopic (exact) mass is 296 g/mol. The standard InChI is InChI=1S/C20H24O2/c1-20(2,3)18-10-8-15(9-11-18)12-17(14-21)16-6-5-7-19(13-16)22-4/h5-11,13-14,17H,12H2,1-4H3. The first-order valence-corrected chi connectivity index (χ1v) is 7.62. The normalized spacial score (nSPS) is 12.7. The summed E-state index contributed by atoms with van der Waals surface area (Å²) in [5.74, 6) is 0.642. The Morgan fingerprint density at radius 2 is 1.77 bits per heavy atom. The van der Waals surface area contributed by atoms with E-state index in [1.165, 1.54) is 11.1 Å². The molecule has 2 aromatic carbocycles. The number of hydrogen-bond acceptors (Lipinski definition) is 2. The van der Waals surface area contributed by atoms with E-state index in [1.807, 2.05) is 24.3 Å². The highest BCUT2D eigenvalue weighted by Gasteiger charge is 2.15. The van der Waals surface area contributed by atoms with Crippen molar-refractivity contribution >= 4 is 6.29 Å². The molecule has 0 aliphatic heterocycles. The average molecular weight is 296 g/mol. The first-order valence-electron chi connectivity index (χ1n) is 7.62. The Balaban J connectivity index is 2.18. The zero-order chi connectivity index (χ0) is 16.2. The van der Waals surface area contributed by atoms with Gasteiger partial charge in [0.1, 0.15) is 12.0 Å². The number of ether oxygens (including phenoxy) is 1. The summed E-state index contributed by atoms with van der Waals surface area (Å²) in [6.07, 6.45) is 1.73. The summed E-state index contributed by atoms with van der Waals surface area (Å²) < 4.78 is 5.24. The van der Waals surface area contributed by atoms with E-state index in [1.54, 1.807) is 7.11 Å². The lowest BCUT2D eigenvalue weighted by Crippen LogP contribution is -2.11. The molecule has 1 atom stereocenters. The smallest absolute Gasteiger partial charge is 0.127 e. The van der Waals surface area contributed by atoms with E-state index >= 15 is 0 Å². The Labute approximate surface area is 133 Å². The van der Waals surface area contributed by atoms with Crippen LogP contribution in [0.4, 0.5) is 0 Å². The summed E-state index contributed by atoms with van der Waals surface area (Å²) in [4.78, 5) is 11.5. The lowest BCUT2D eigenvalue weighted by molar-refractivity contribution is -0.109. The molecule has 0 fully saturated rings. The zero-order valence-corrected chi connectivity index (χ0v) is 13.8. The van der Waals surface area contributed by atoms with Gasteiger partial charge in [-0.1, -0.05) is 57.2 Å². The highest BCUT2D eigenvalue weighted by atomic mass is 16.5. The van der Waals surface area contributed by atoms with Gasteiger partial charge in [-0.05, 0) is 40.7 Å². The fraction of sp³-hybridized carbons (Fsp3) is 0.350. The van der Waals surface area contributed by atoms with Crippen LogP contribution >= 0.6 is 0 Å². The van der Waals surface area contributed by atoms with Gasteiger partial charge in [0.05, 0.1) is 7.11 Å². The molecule has 2 heteroatoms. The van der Waals surface area contributed by atoms with E-state index in [9.17, 15) is 4.79 Å². The maximum absolute atomic E-state index is 11.5. The fourth-order valence-electron chi connectivity index (χ4n) is 2.51. The molecule has 116 valence electrons. The minimum atomic E-state index is -0.143. The molecule has 0 aliphatic carbocycles. The third kappa shape index (κ3) is 3.97. The van der Waals surface area contributed by atoms with Gasteiger partial charge in [0.15, 0.2) is 0 Å². The summed E-state index contributed by atoms with van der Waals surface area (Å²) in [6, 6.07) is 16.3. The van der Waals surface area contributed by atoms with Gasteiger partial charge in [-0.3, -0.25) is 0 Å². The van der Waals surface area contributed by atoms with Crippen molar-refractivity contribution < 1.29 is 9.53 Å². The van der Waals surface area contributed by atoms with Gasteiger partial charge in [0.25, 0.3) is 0 Å². The van der Waals surface area contributed by atoms with Crippen molar-refractivity contribution in [2.45, 2.75) is 38.5 Å². The molecule has 2 aromatic rings. The molecule has 0 amide bonds. The largest absolute Gasteiger partial charge is 0.497 e. The SMILES string of the molecule is COc1cccc(C(C=O)Cc2ccc(C(C)(C)C)cc2)c1. The van der Waals surface area contributed by atoms with E-state index < -0.39 is 0 Å². The highest BCUT2D eigenvalue weighted by Crippen LogP contribution is 2.26. The highest BCUT2D eigenvalue weighted by molar-refractivity contribution is 5.63. The topological polar surface area (TPSA) is 26.3 Å². The molecule has 1 unspecified atom stereocenters. The van der Waals surface area contributed by atoms with E-state index in [0.717, 1.165) is 17.6 Å². The molecule has 0 aliphatic rings. The van der Waals surface area contributed by atoms with Crippen LogP contribution in [-0.4, -0.2) is 13.4 Å². The molecule has 2 nitrogen and oxygen atoms in total. The van der Waals surface area contributed by atoms with Crippen LogP contribution < -0.4 is 4.74 Å². The fourth-order valence-corrected chi connectivity index (χ4v) is 2.51. The third-order valence-electron chi connectivity index (χ3n) is 3.96. The van der Waals surface area contributed by atoms with Gasteiger partial charge >= 0.3 is 0 Å². The molecule has 0 saturated heterocycles. The maximum Gasteiger partial charge on any atom is 0.127 e. The first kappa shape index (κ1) is 16.3. The van der Waals surface area contributed by atoms with E-state index in [4.69, 9.17) is 4.74 Å². The van der Waals surface area contributed by atoms with E-state index in [0.29, 0.717) is 6.42 Å². The van der Waals surface area contributed by atoms with E-state index in [-0.39, 0.29) is 11.3 Å². The number of methoxy groups -OCH3 is 1. The first-order chi connectivity index (χ1) is 10.4. The molecule has 22 heavy (non-hydrogen) atoms. The molecule has 0 spiro atoms. The second-order valence-corrected chi connectivity index (χ2v) is 6.67. The van der Waals surface area contributed by atoms with Crippen molar-refractivity contribution in [1.82, 2.24) is 0 Å². The lowest BCUT2D eigenvalue weighted by Gasteiger charge is -2.19. The van der Waals surface area contributed by atoms with Crippen LogP contribution in [-0.2, 0) is 16.6 Å². The number of hydrogen-bond donors (Lipinski definition) is 0. The van der Waals surface area contributed by atoms with Crippen molar-refractivity contribution in [2.75, 3.05) is 7.11 Å². The number of aldehydes is 1. The maximum atomic E-state index is 11.5. The van der Waals surface area contributed by atoms with Crippen molar-refractivity contribution in [3.8, 4) is 5.75 Å². The Hall–Kier alpha value is -2.09. The second kappa shape index (κ2) is 6.78. The van der Waals surface area contributed by atoms with Gasteiger partial charge < -0.3 is 9.53 Å². The lowest BCUT2D eigenvalue weighted by atomic mass is 9.85. The van der Waals surface area contributed by atoms with Crippen LogP contribution in [0.1, 0.15) is 43.4 Å².